The van der Waals surface area contributed by atoms with Crippen molar-refractivity contribution in [2.75, 3.05) is 16.5 Å². The highest BCUT2D eigenvalue weighted by Crippen LogP contribution is 2.21. The number of halogens is 1. The van der Waals surface area contributed by atoms with Gasteiger partial charge in [-0.05, 0) is 24.6 Å². The number of anilines is 1. The smallest absolute Gasteiger partial charge is 0.338 e. The SMILES string of the molecule is COC(=O)c1cccc(NS(=O)(=O)CBr)c1C. The van der Waals surface area contributed by atoms with Crippen LogP contribution in [0.4, 0.5) is 5.69 Å². The lowest BCUT2D eigenvalue weighted by molar-refractivity contribution is 0.0600. The largest absolute Gasteiger partial charge is 0.465 e. The summed E-state index contributed by atoms with van der Waals surface area (Å²) in [7, 11) is -2.15. The minimum Gasteiger partial charge on any atom is -0.465 e. The van der Waals surface area contributed by atoms with Crippen molar-refractivity contribution in [3.05, 3.63) is 29.3 Å². The maximum atomic E-state index is 11.4. The molecule has 0 aliphatic rings. The molecule has 0 saturated heterocycles. The minimum atomic E-state index is -3.43. The highest BCUT2D eigenvalue weighted by Gasteiger charge is 2.15. The Labute approximate surface area is 108 Å². The summed E-state index contributed by atoms with van der Waals surface area (Å²) in [5.41, 5.74) is 1.23. The summed E-state index contributed by atoms with van der Waals surface area (Å²) in [6.07, 6.45) is 0. The predicted molar refractivity (Wildman–Crippen MR) is 68.9 cm³/mol. The van der Waals surface area contributed by atoms with Gasteiger partial charge >= 0.3 is 5.97 Å². The molecule has 0 unspecified atom stereocenters. The second kappa shape index (κ2) is 5.50. The quantitative estimate of drug-likeness (QED) is 0.678. The number of methoxy groups -OCH3 is 1. The number of ether oxygens (including phenoxy) is 1. The molecule has 0 aliphatic carbocycles. The predicted octanol–water partition coefficient (Wildman–Crippen LogP) is 1.88. The maximum absolute atomic E-state index is 11.4. The molecule has 0 aliphatic heterocycles. The fourth-order valence-corrected chi connectivity index (χ4v) is 2.23. The van der Waals surface area contributed by atoms with E-state index in [9.17, 15) is 13.2 Å². The van der Waals surface area contributed by atoms with Crippen molar-refractivity contribution in [1.82, 2.24) is 0 Å². The van der Waals surface area contributed by atoms with Crippen LogP contribution in [0.25, 0.3) is 0 Å². The summed E-state index contributed by atoms with van der Waals surface area (Å²) >= 11 is 2.87. The average molecular weight is 322 g/mol. The molecule has 1 aromatic carbocycles. The number of carbonyl (C=O) groups is 1. The molecule has 1 aromatic rings. The molecule has 0 saturated carbocycles. The third kappa shape index (κ3) is 3.44. The molecule has 0 aromatic heterocycles. The van der Waals surface area contributed by atoms with Gasteiger partial charge in [0.2, 0.25) is 10.0 Å². The zero-order chi connectivity index (χ0) is 13.1. The number of hydrogen-bond donors (Lipinski definition) is 1. The van der Waals surface area contributed by atoms with Crippen molar-refractivity contribution in [2.24, 2.45) is 0 Å². The molecule has 0 spiro atoms. The van der Waals surface area contributed by atoms with Gasteiger partial charge in [0.1, 0.15) is 4.66 Å². The number of esters is 1. The van der Waals surface area contributed by atoms with Crippen LogP contribution in [0.2, 0.25) is 0 Å². The van der Waals surface area contributed by atoms with Crippen molar-refractivity contribution >= 4 is 37.6 Å². The van der Waals surface area contributed by atoms with E-state index >= 15 is 0 Å². The van der Waals surface area contributed by atoms with E-state index in [2.05, 4.69) is 25.4 Å². The number of carbonyl (C=O) groups excluding carboxylic acids is 1. The van der Waals surface area contributed by atoms with Crippen molar-refractivity contribution < 1.29 is 17.9 Å². The van der Waals surface area contributed by atoms with Gasteiger partial charge in [0.25, 0.3) is 0 Å². The monoisotopic (exact) mass is 321 g/mol. The summed E-state index contributed by atoms with van der Waals surface area (Å²) in [5.74, 6) is -0.498. The van der Waals surface area contributed by atoms with Crippen LogP contribution in [0.5, 0.6) is 0 Å². The lowest BCUT2D eigenvalue weighted by Crippen LogP contribution is -2.15. The van der Waals surface area contributed by atoms with Crippen LogP contribution < -0.4 is 4.72 Å². The van der Waals surface area contributed by atoms with Crippen molar-refractivity contribution in [1.29, 1.82) is 0 Å². The van der Waals surface area contributed by atoms with Gasteiger partial charge in [0.15, 0.2) is 0 Å². The van der Waals surface area contributed by atoms with Gasteiger partial charge in [-0.15, -0.1) is 0 Å². The first kappa shape index (κ1) is 14.0. The molecule has 17 heavy (non-hydrogen) atoms. The normalized spacial score (nSPS) is 11.0. The van der Waals surface area contributed by atoms with E-state index in [1.54, 1.807) is 25.1 Å². The second-order valence-corrected chi connectivity index (χ2v) is 6.32. The summed E-state index contributed by atoms with van der Waals surface area (Å²) < 4.78 is 29.6. The van der Waals surface area contributed by atoms with Crippen LogP contribution in [-0.4, -0.2) is 26.2 Å². The third-order valence-electron chi connectivity index (χ3n) is 2.15. The molecule has 0 atom stereocenters. The summed E-state index contributed by atoms with van der Waals surface area (Å²) in [5, 5.41) is 0. The van der Waals surface area contributed by atoms with Crippen LogP contribution in [-0.2, 0) is 14.8 Å². The average Bonchev–Trinajstić information content (AvgIpc) is 2.31. The van der Waals surface area contributed by atoms with Gasteiger partial charge in [0, 0.05) is 0 Å². The molecule has 0 heterocycles. The van der Waals surface area contributed by atoms with Crippen molar-refractivity contribution in [3.8, 4) is 0 Å². The summed E-state index contributed by atoms with van der Waals surface area (Å²) in [6.45, 7) is 1.65. The molecule has 1 N–H and O–H groups in total. The van der Waals surface area contributed by atoms with E-state index in [0.29, 0.717) is 16.8 Å². The van der Waals surface area contributed by atoms with Crippen molar-refractivity contribution in [3.63, 3.8) is 0 Å². The molecule has 1 rings (SSSR count). The molecule has 94 valence electrons. The topological polar surface area (TPSA) is 72.5 Å². The Bertz CT molecular complexity index is 527. The van der Waals surface area contributed by atoms with Gasteiger partial charge in [0.05, 0.1) is 18.4 Å². The second-order valence-electron chi connectivity index (χ2n) is 3.30. The Morgan fingerprint density at radius 2 is 2.12 bits per heavy atom. The number of alkyl halides is 1. The van der Waals surface area contributed by atoms with E-state index in [0.717, 1.165) is 0 Å². The first-order chi connectivity index (χ1) is 7.91. The Balaban J connectivity index is 3.16. The minimum absolute atomic E-state index is 0.206. The van der Waals surface area contributed by atoms with Crippen LogP contribution in [0.1, 0.15) is 15.9 Å². The van der Waals surface area contributed by atoms with E-state index in [-0.39, 0.29) is 4.66 Å². The molecule has 7 heteroatoms. The van der Waals surface area contributed by atoms with Crippen LogP contribution in [0, 0.1) is 6.92 Å². The summed E-state index contributed by atoms with van der Waals surface area (Å²) in [4.78, 5) is 11.4. The lowest BCUT2D eigenvalue weighted by Gasteiger charge is -2.11. The molecule has 5 nitrogen and oxygen atoms in total. The third-order valence-corrected chi connectivity index (χ3v) is 4.77. The highest BCUT2D eigenvalue weighted by molar-refractivity contribution is 9.10. The lowest BCUT2D eigenvalue weighted by atomic mass is 10.1. The van der Waals surface area contributed by atoms with E-state index in [1.807, 2.05) is 0 Å². The standard InChI is InChI=1S/C10H12BrNO4S/c1-7-8(10(13)16-2)4-3-5-9(7)12-17(14,15)6-11/h3-5,12H,6H2,1-2H3. The maximum Gasteiger partial charge on any atom is 0.338 e. The van der Waals surface area contributed by atoms with E-state index in [1.165, 1.54) is 7.11 Å². The van der Waals surface area contributed by atoms with Crippen LogP contribution >= 0.6 is 15.9 Å². The number of rotatable bonds is 4. The number of hydrogen-bond acceptors (Lipinski definition) is 4. The first-order valence-electron chi connectivity index (χ1n) is 4.65. The summed E-state index contributed by atoms with van der Waals surface area (Å²) in [6, 6.07) is 4.75. The van der Waals surface area contributed by atoms with Gasteiger partial charge in [-0.2, -0.15) is 0 Å². The van der Waals surface area contributed by atoms with Crippen molar-refractivity contribution in [2.45, 2.75) is 6.92 Å². The molecule has 0 radical (unpaired) electrons. The molecule has 0 amide bonds. The Morgan fingerprint density at radius 3 is 2.65 bits per heavy atom. The number of nitrogens with one attached hydrogen (secondary N) is 1. The molecular weight excluding hydrogens is 310 g/mol. The van der Waals surface area contributed by atoms with Gasteiger partial charge in [-0.1, -0.05) is 22.0 Å². The first-order valence-corrected chi connectivity index (χ1v) is 7.43. The van der Waals surface area contributed by atoms with Gasteiger partial charge < -0.3 is 4.74 Å². The van der Waals surface area contributed by atoms with Crippen LogP contribution in [0.15, 0.2) is 18.2 Å². The fourth-order valence-electron chi connectivity index (χ4n) is 1.27. The highest BCUT2D eigenvalue weighted by atomic mass is 79.9. The van der Waals surface area contributed by atoms with E-state index < -0.39 is 16.0 Å². The van der Waals surface area contributed by atoms with Crippen LogP contribution in [0.3, 0.4) is 0 Å². The number of benzene rings is 1. The van der Waals surface area contributed by atoms with E-state index in [4.69, 9.17) is 0 Å². The van der Waals surface area contributed by atoms with Gasteiger partial charge in [-0.3, -0.25) is 4.72 Å². The molecular formula is C10H12BrNO4S. The zero-order valence-electron chi connectivity index (χ0n) is 9.36. The zero-order valence-corrected chi connectivity index (χ0v) is 11.8. The molecule has 0 fully saturated rings. The Morgan fingerprint density at radius 1 is 1.47 bits per heavy atom. The number of sulfonamides is 1. The Kier molecular flexibility index (Phi) is 4.53. The van der Waals surface area contributed by atoms with Gasteiger partial charge in [-0.25, -0.2) is 13.2 Å². The fraction of sp³-hybridized carbons (Fsp3) is 0.300. The Hall–Kier alpha value is -1.08. The molecule has 0 bridgehead atoms.